The van der Waals surface area contributed by atoms with Crippen molar-refractivity contribution in [2.75, 3.05) is 18.5 Å². The Kier molecular flexibility index (Phi) is 5.95. The number of hydrogen-bond acceptors (Lipinski definition) is 5. The first kappa shape index (κ1) is 22.3. The molecule has 3 aromatic rings. The third-order valence-electron chi connectivity index (χ3n) is 6.77. The van der Waals surface area contributed by atoms with Crippen LogP contribution in [0.4, 0.5) is 5.69 Å². The molecule has 34 heavy (non-hydrogen) atoms. The maximum absolute atomic E-state index is 13.4. The molecule has 0 radical (unpaired) electrons. The number of benzene rings is 1. The molecule has 1 aromatic carbocycles. The zero-order valence-electron chi connectivity index (χ0n) is 19.8. The highest BCUT2D eigenvalue weighted by molar-refractivity contribution is 5.95. The molecule has 2 amide bonds. The van der Waals surface area contributed by atoms with Gasteiger partial charge in [0, 0.05) is 43.1 Å². The maximum atomic E-state index is 13.4. The molecule has 178 valence electrons. The van der Waals surface area contributed by atoms with Crippen LogP contribution < -0.4 is 5.32 Å². The van der Waals surface area contributed by atoms with Gasteiger partial charge in [-0.1, -0.05) is 0 Å². The Labute approximate surface area is 198 Å². The molecule has 2 aromatic heterocycles. The molecule has 2 aliphatic rings. The lowest BCUT2D eigenvalue weighted by atomic mass is 10.1. The Morgan fingerprint density at radius 2 is 1.94 bits per heavy atom. The van der Waals surface area contributed by atoms with E-state index in [0.29, 0.717) is 31.0 Å². The molecule has 2 fully saturated rings. The number of hydrogen-bond donors (Lipinski definition) is 1. The lowest BCUT2D eigenvalue weighted by molar-refractivity contribution is -0.119. The van der Waals surface area contributed by atoms with Crippen molar-refractivity contribution in [1.82, 2.24) is 24.5 Å². The Balaban J connectivity index is 1.28. The van der Waals surface area contributed by atoms with Gasteiger partial charge in [0.1, 0.15) is 0 Å². The number of aromatic nitrogens is 4. The zero-order chi connectivity index (χ0) is 23.8. The lowest BCUT2D eigenvalue weighted by Gasteiger charge is -2.23. The number of nitrogens with zero attached hydrogens (tertiary/aromatic N) is 5. The van der Waals surface area contributed by atoms with Crippen LogP contribution in [0.1, 0.15) is 46.6 Å². The number of ether oxygens (including phenoxy) is 1. The van der Waals surface area contributed by atoms with Gasteiger partial charge in [-0.3, -0.25) is 14.3 Å². The second-order valence-corrected chi connectivity index (χ2v) is 9.21. The van der Waals surface area contributed by atoms with E-state index in [9.17, 15) is 9.59 Å². The van der Waals surface area contributed by atoms with Crippen LogP contribution in [0, 0.1) is 19.8 Å². The second kappa shape index (κ2) is 9.06. The zero-order valence-corrected chi connectivity index (χ0v) is 19.8. The van der Waals surface area contributed by atoms with Crippen molar-refractivity contribution >= 4 is 17.5 Å². The summed E-state index contributed by atoms with van der Waals surface area (Å²) in [6.07, 6.45) is 6.22. The summed E-state index contributed by atoms with van der Waals surface area (Å²) >= 11 is 0. The van der Waals surface area contributed by atoms with E-state index in [1.54, 1.807) is 17.1 Å². The van der Waals surface area contributed by atoms with Gasteiger partial charge in [0.15, 0.2) is 0 Å². The van der Waals surface area contributed by atoms with Gasteiger partial charge in [-0.25, -0.2) is 4.68 Å². The fourth-order valence-electron chi connectivity index (χ4n) is 4.41. The molecule has 1 atom stereocenters. The molecule has 1 saturated heterocycles. The van der Waals surface area contributed by atoms with E-state index in [2.05, 4.69) is 15.5 Å². The summed E-state index contributed by atoms with van der Waals surface area (Å²) in [4.78, 5) is 27.7. The van der Waals surface area contributed by atoms with Crippen LogP contribution in [0.25, 0.3) is 5.69 Å². The van der Waals surface area contributed by atoms with Crippen LogP contribution in [0.2, 0.25) is 0 Å². The van der Waals surface area contributed by atoms with Crippen molar-refractivity contribution in [3.63, 3.8) is 0 Å². The van der Waals surface area contributed by atoms with Gasteiger partial charge in [0.2, 0.25) is 5.91 Å². The number of anilines is 1. The average molecular weight is 463 g/mol. The standard InChI is InChI=1S/C25H30N6O3/c1-16-23(17(2)29(3)28-16)14-30(21-8-9-21)25(33)18-4-6-22(7-5-18)31-13-20(12-26-31)27-24(32)19-10-11-34-15-19/h4-7,12-13,19,21H,8-11,14-15H2,1-3H3,(H,27,32). The number of rotatable bonds is 7. The predicted octanol–water partition coefficient (Wildman–Crippen LogP) is 3.00. The first-order chi connectivity index (χ1) is 16.4. The summed E-state index contributed by atoms with van der Waals surface area (Å²) < 4.78 is 8.85. The molecule has 9 heteroatoms. The normalized spacial score (nSPS) is 17.7. The number of nitrogens with one attached hydrogen (secondary N) is 1. The van der Waals surface area contributed by atoms with Gasteiger partial charge in [-0.15, -0.1) is 0 Å². The molecule has 1 unspecified atom stereocenters. The van der Waals surface area contributed by atoms with Crippen molar-refractivity contribution < 1.29 is 14.3 Å². The minimum atomic E-state index is -0.109. The Hall–Kier alpha value is -3.46. The lowest BCUT2D eigenvalue weighted by Crippen LogP contribution is -2.33. The van der Waals surface area contributed by atoms with Gasteiger partial charge in [0.25, 0.3) is 5.91 Å². The molecular formula is C25H30N6O3. The molecule has 9 nitrogen and oxygen atoms in total. The molecule has 0 bridgehead atoms. The van der Waals surface area contributed by atoms with Crippen molar-refractivity contribution in [1.29, 1.82) is 0 Å². The highest BCUT2D eigenvalue weighted by atomic mass is 16.5. The molecule has 0 spiro atoms. The summed E-state index contributed by atoms with van der Waals surface area (Å²) in [7, 11) is 1.93. The van der Waals surface area contributed by atoms with E-state index < -0.39 is 0 Å². The number of amides is 2. The van der Waals surface area contributed by atoms with Crippen molar-refractivity contribution in [2.24, 2.45) is 13.0 Å². The smallest absolute Gasteiger partial charge is 0.254 e. The van der Waals surface area contributed by atoms with E-state index >= 15 is 0 Å². The van der Waals surface area contributed by atoms with E-state index in [1.165, 1.54) is 0 Å². The predicted molar refractivity (Wildman–Crippen MR) is 127 cm³/mol. The Morgan fingerprint density at radius 3 is 2.56 bits per heavy atom. The van der Waals surface area contributed by atoms with Crippen molar-refractivity contribution in [3.05, 3.63) is 59.2 Å². The fourth-order valence-corrected chi connectivity index (χ4v) is 4.41. The quantitative estimate of drug-likeness (QED) is 0.583. The number of carbonyl (C=O) groups is 2. The monoisotopic (exact) mass is 462 g/mol. The summed E-state index contributed by atoms with van der Waals surface area (Å²) in [5, 5.41) is 11.8. The number of aryl methyl sites for hydroxylation is 2. The van der Waals surface area contributed by atoms with E-state index in [0.717, 1.165) is 41.9 Å². The van der Waals surface area contributed by atoms with Crippen LogP contribution in [-0.2, 0) is 23.1 Å². The van der Waals surface area contributed by atoms with Crippen LogP contribution in [0.3, 0.4) is 0 Å². The van der Waals surface area contributed by atoms with Crippen molar-refractivity contribution in [3.8, 4) is 5.69 Å². The molecule has 1 aliphatic carbocycles. The highest BCUT2D eigenvalue weighted by Crippen LogP contribution is 2.31. The summed E-state index contributed by atoms with van der Waals surface area (Å²) in [6.45, 7) is 5.71. The SMILES string of the molecule is Cc1nn(C)c(C)c1CN(C(=O)c1ccc(-n2cc(NC(=O)C3CCOC3)cn2)cc1)C1CC1. The van der Waals surface area contributed by atoms with E-state index in [1.807, 2.05) is 54.7 Å². The van der Waals surface area contributed by atoms with Crippen LogP contribution in [-0.4, -0.2) is 55.5 Å². The molecule has 5 rings (SSSR count). The largest absolute Gasteiger partial charge is 0.381 e. The van der Waals surface area contributed by atoms with Crippen LogP contribution in [0.5, 0.6) is 0 Å². The van der Waals surface area contributed by atoms with Gasteiger partial charge < -0.3 is 15.0 Å². The molecule has 1 saturated carbocycles. The van der Waals surface area contributed by atoms with Gasteiger partial charge in [-0.2, -0.15) is 10.2 Å². The first-order valence-corrected chi connectivity index (χ1v) is 11.7. The maximum Gasteiger partial charge on any atom is 0.254 e. The van der Waals surface area contributed by atoms with Crippen LogP contribution >= 0.6 is 0 Å². The van der Waals surface area contributed by atoms with Crippen LogP contribution in [0.15, 0.2) is 36.7 Å². The third kappa shape index (κ3) is 4.48. The van der Waals surface area contributed by atoms with E-state index in [-0.39, 0.29) is 23.8 Å². The Morgan fingerprint density at radius 1 is 1.18 bits per heavy atom. The molecule has 1 N–H and O–H groups in total. The average Bonchev–Trinajstić information content (AvgIpc) is 3.22. The number of carbonyl (C=O) groups excluding carboxylic acids is 2. The summed E-state index contributed by atoms with van der Waals surface area (Å²) in [5.41, 5.74) is 5.29. The third-order valence-corrected chi connectivity index (χ3v) is 6.77. The van der Waals surface area contributed by atoms with Gasteiger partial charge in [0.05, 0.1) is 42.0 Å². The first-order valence-electron chi connectivity index (χ1n) is 11.7. The highest BCUT2D eigenvalue weighted by Gasteiger charge is 2.34. The minimum absolute atomic E-state index is 0.0314. The molecular weight excluding hydrogens is 432 g/mol. The second-order valence-electron chi connectivity index (χ2n) is 9.21. The molecule has 3 heterocycles. The fraction of sp³-hybridized carbons (Fsp3) is 0.440. The Bertz CT molecular complexity index is 1200. The van der Waals surface area contributed by atoms with E-state index in [4.69, 9.17) is 4.74 Å². The topological polar surface area (TPSA) is 94.3 Å². The summed E-state index contributed by atoms with van der Waals surface area (Å²) in [5.74, 6) is -0.122. The van der Waals surface area contributed by atoms with Gasteiger partial charge in [-0.05, 0) is 57.4 Å². The van der Waals surface area contributed by atoms with Crippen molar-refractivity contribution in [2.45, 2.75) is 45.7 Å². The van der Waals surface area contributed by atoms with Gasteiger partial charge >= 0.3 is 0 Å². The minimum Gasteiger partial charge on any atom is -0.381 e. The molecule has 1 aliphatic heterocycles. The summed E-state index contributed by atoms with van der Waals surface area (Å²) in [6, 6.07) is 7.72.